The molecular formula is C17H21BrO3. The molecule has 0 saturated heterocycles. The normalized spacial score (nSPS) is 25.0. The number of fused-ring (bicyclic) bond motifs is 1. The standard InChI is InChI=1S/C17H21BrO3/c18-14-9-12-6-7-21-16(12)13(10-14)8-11-4-2-1-3-5-15(11)17(19)20/h9-11,15H,1-8H2,(H,19,20). The maximum Gasteiger partial charge on any atom is 0.306 e. The van der Waals surface area contributed by atoms with E-state index in [-0.39, 0.29) is 11.8 Å². The van der Waals surface area contributed by atoms with Crippen LogP contribution in [-0.4, -0.2) is 17.7 Å². The molecule has 3 rings (SSSR count). The molecule has 1 fully saturated rings. The minimum atomic E-state index is -0.630. The van der Waals surface area contributed by atoms with Gasteiger partial charge in [-0.2, -0.15) is 0 Å². The summed E-state index contributed by atoms with van der Waals surface area (Å²) in [5, 5.41) is 9.52. The molecule has 1 N–H and O–H groups in total. The fourth-order valence-corrected chi connectivity index (χ4v) is 4.29. The second-order valence-corrected chi connectivity index (χ2v) is 7.11. The van der Waals surface area contributed by atoms with Crippen molar-refractivity contribution in [2.45, 2.75) is 44.9 Å². The Labute approximate surface area is 133 Å². The number of aliphatic carboxylic acids is 1. The molecule has 1 aromatic carbocycles. The Balaban J connectivity index is 1.86. The van der Waals surface area contributed by atoms with E-state index < -0.39 is 5.97 Å². The molecule has 1 saturated carbocycles. The molecule has 114 valence electrons. The Morgan fingerprint density at radius 2 is 2.10 bits per heavy atom. The first-order valence-electron chi connectivity index (χ1n) is 7.82. The highest BCUT2D eigenvalue weighted by Gasteiger charge is 2.31. The van der Waals surface area contributed by atoms with Crippen molar-refractivity contribution >= 4 is 21.9 Å². The summed E-state index contributed by atoms with van der Waals surface area (Å²) >= 11 is 3.57. The third-order valence-corrected chi connectivity index (χ3v) is 5.24. The highest BCUT2D eigenvalue weighted by molar-refractivity contribution is 9.10. The number of hydrogen-bond donors (Lipinski definition) is 1. The fourth-order valence-electron chi connectivity index (χ4n) is 3.73. The van der Waals surface area contributed by atoms with Crippen LogP contribution in [0.3, 0.4) is 0 Å². The van der Waals surface area contributed by atoms with Gasteiger partial charge in [0.05, 0.1) is 12.5 Å². The molecule has 0 amide bonds. The molecule has 4 heteroatoms. The zero-order valence-electron chi connectivity index (χ0n) is 12.1. The van der Waals surface area contributed by atoms with Crippen LogP contribution in [0.2, 0.25) is 0 Å². The van der Waals surface area contributed by atoms with Gasteiger partial charge in [-0.15, -0.1) is 0 Å². The zero-order chi connectivity index (χ0) is 14.8. The Bertz CT molecular complexity index is 541. The zero-order valence-corrected chi connectivity index (χ0v) is 13.7. The van der Waals surface area contributed by atoms with Crippen molar-refractivity contribution in [1.29, 1.82) is 0 Å². The van der Waals surface area contributed by atoms with Crippen LogP contribution < -0.4 is 4.74 Å². The first-order valence-corrected chi connectivity index (χ1v) is 8.61. The number of hydrogen-bond acceptors (Lipinski definition) is 2. The highest BCUT2D eigenvalue weighted by atomic mass is 79.9. The number of carboxylic acid groups (broad SMARTS) is 1. The van der Waals surface area contributed by atoms with E-state index in [4.69, 9.17) is 4.74 Å². The molecule has 1 heterocycles. The van der Waals surface area contributed by atoms with E-state index in [0.29, 0.717) is 0 Å². The third-order valence-electron chi connectivity index (χ3n) is 4.78. The minimum Gasteiger partial charge on any atom is -0.493 e. The Morgan fingerprint density at radius 1 is 1.29 bits per heavy atom. The summed E-state index contributed by atoms with van der Waals surface area (Å²) < 4.78 is 6.86. The van der Waals surface area contributed by atoms with Crippen LogP contribution in [-0.2, 0) is 17.6 Å². The summed E-state index contributed by atoms with van der Waals surface area (Å²) in [4.78, 5) is 11.6. The summed E-state index contributed by atoms with van der Waals surface area (Å²) in [6, 6.07) is 4.22. The molecule has 0 aromatic heterocycles. The lowest BCUT2D eigenvalue weighted by Gasteiger charge is -2.22. The van der Waals surface area contributed by atoms with E-state index >= 15 is 0 Å². The molecule has 0 bridgehead atoms. The maximum atomic E-state index is 11.6. The average molecular weight is 353 g/mol. The van der Waals surface area contributed by atoms with Gasteiger partial charge in [-0.25, -0.2) is 0 Å². The van der Waals surface area contributed by atoms with Crippen molar-refractivity contribution in [2.75, 3.05) is 6.61 Å². The predicted octanol–water partition coefficient (Wildman–Crippen LogP) is 4.21. The van der Waals surface area contributed by atoms with Gasteiger partial charge in [0.15, 0.2) is 0 Å². The van der Waals surface area contributed by atoms with Crippen LogP contribution in [0.1, 0.15) is 43.2 Å². The van der Waals surface area contributed by atoms with E-state index in [9.17, 15) is 9.90 Å². The summed E-state index contributed by atoms with van der Waals surface area (Å²) in [5.74, 6) is 0.400. The van der Waals surface area contributed by atoms with Crippen LogP contribution in [0.4, 0.5) is 0 Å². The van der Waals surface area contributed by atoms with Gasteiger partial charge >= 0.3 is 5.97 Å². The molecule has 2 atom stereocenters. The fraction of sp³-hybridized carbons (Fsp3) is 0.588. The van der Waals surface area contributed by atoms with Crippen molar-refractivity contribution < 1.29 is 14.6 Å². The largest absolute Gasteiger partial charge is 0.493 e. The maximum absolute atomic E-state index is 11.6. The van der Waals surface area contributed by atoms with Crippen LogP contribution in [0, 0.1) is 11.8 Å². The van der Waals surface area contributed by atoms with Crippen molar-refractivity contribution in [1.82, 2.24) is 0 Å². The van der Waals surface area contributed by atoms with Gasteiger partial charge in [0.25, 0.3) is 0 Å². The molecule has 2 unspecified atom stereocenters. The molecule has 0 radical (unpaired) electrons. The van der Waals surface area contributed by atoms with Gasteiger partial charge in [0, 0.05) is 10.9 Å². The molecule has 1 aliphatic heterocycles. The molecule has 1 aliphatic carbocycles. The van der Waals surface area contributed by atoms with Crippen molar-refractivity contribution in [3.63, 3.8) is 0 Å². The quantitative estimate of drug-likeness (QED) is 0.828. The summed E-state index contributed by atoms with van der Waals surface area (Å²) in [5.41, 5.74) is 2.43. The Kier molecular flexibility index (Phi) is 4.53. The SMILES string of the molecule is O=C(O)C1CCCCCC1Cc1cc(Br)cc2c1OCC2. The number of carboxylic acids is 1. The van der Waals surface area contributed by atoms with Gasteiger partial charge in [-0.3, -0.25) is 4.79 Å². The topological polar surface area (TPSA) is 46.5 Å². The summed E-state index contributed by atoms with van der Waals surface area (Å²) in [6.07, 6.45) is 6.95. The van der Waals surface area contributed by atoms with Crippen molar-refractivity contribution in [2.24, 2.45) is 11.8 Å². The van der Waals surface area contributed by atoms with Crippen molar-refractivity contribution in [3.8, 4) is 5.75 Å². The Morgan fingerprint density at radius 3 is 2.90 bits per heavy atom. The number of rotatable bonds is 3. The van der Waals surface area contributed by atoms with E-state index in [1.54, 1.807) is 0 Å². The molecule has 1 aromatic rings. The summed E-state index contributed by atoms with van der Waals surface area (Å²) in [7, 11) is 0. The van der Waals surface area contributed by atoms with Crippen LogP contribution >= 0.6 is 15.9 Å². The third kappa shape index (κ3) is 3.25. The molecular weight excluding hydrogens is 332 g/mol. The van der Waals surface area contributed by atoms with Gasteiger partial charge in [0.2, 0.25) is 0 Å². The van der Waals surface area contributed by atoms with E-state index in [1.807, 2.05) is 0 Å². The van der Waals surface area contributed by atoms with Crippen LogP contribution in [0.5, 0.6) is 5.75 Å². The van der Waals surface area contributed by atoms with Crippen LogP contribution in [0.15, 0.2) is 16.6 Å². The number of ether oxygens (including phenoxy) is 1. The summed E-state index contributed by atoms with van der Waals surface area (Å²) in [6.45, 7) is 0.742. The van der Waals surface area contributed by atoms with Gasteiger partial charge in [-0.1, -0.05) is 35.2 Å². The smallest absolute Gasteiger partial charge is 0.306 e. The van der Waals surface area contributed by atoms with Gasteiger partial charge < -0.3 is 9.84 Å². The number of halogens is 1. The second kappa shape index (κ2) is 6.39. The number of benzene rings is 1. The van der Waals surface area contributed by atoms with Gasteiger partial charge in [-0.05, 0) is 48.4 Å². The second-order valence-electron chi connectivity index (χ2n) is 6.20. The Hall–Kier alpha value is -1.03. The first kappa shape index (κ1) is 14.9. The predicted molar refractivity (Wildman–Crippen MR) is 84.7 cm³/mol. The molecule has 0 spiro atoms. The lowest BCUT2D eigenvalue weighted by Crippen LogP contribution is -2.24. The highest BCUT2D eigenvalue weighted by Crippen LogP contribution is 2.38. The van der Waals surface area contributed by atoms with E-state index in [2.05, 4.69) is 28.1 Å². The van der Waals surface area contributed by atoms with Gasteiger partial charge in [0.1, 0.15) is 5.75 Å². The first-order chi connectivity index (χ1) is 10.1. The average Bonchev–Trinajstić information content (AvgIpc) is 2.77. The van der Waals surface area contributed by atoms with Crippen molar-refractivity contribution in [3.05, 3.63) is 27.7 Å². The lowest BCUT2D eigenvalue weighted by molar-refractivity contribution is -0.143. The number of carbonyl (C=O) groups is 1. The lowest BCUT2D eigenvalue weighted by atomic mass is 9.83. The minimum absolute atomic E-state index is 0.205. The van der Waals surface area contributed by atoms with E-state index in [1.165, 1.54) is 11.1 Å². The monoisotopic (exact) mass is 352 g/mol. The van der Waals surface area contributed by atoms with Crippen LogP contribution in [0.25, 0.3) is 0 Å². The molecule has 2 aliphatic rings. The molecule has 21 heavy (non-hydrogen) atoms. The van der Waals surface area contributed by atoms with E-state index in [0.717, 1.165) is 61.8 Å². The molecule has 3 nitrogen and oxygen atoms in total.